The summed E-state index contributed by atoms with van der Waals surface area (Å²) < 4.78 is 5.86. The molecule has 0 N–H and O–H groups in total. The molecule has 0 amide bonds. The van der Waals surface area contributed by atoms with Gasteiger partial charge in [-0.25, -0.2) is 0 Å². The van der Waals surface area contributed by atoms with E-state index < -0.39 is 0 Å². The first-order valence-electron chi connectivity index (χ1n) is 5.07. The zero-order chi connectivity index (χ0) is 7.97. The van der Waals surface area contributed by atoms with E-state index in [0.717, 1.165) is 11.8 Å². The lowest BCUT2D eigenvalue weighted by molar-refractivity contribution is 0.0718. The van der Waals surface area contributed by atoms with Crippen LogP contribution >= 0.6 is 11.6 Å². The second kappa shape index (κ2) is 1.59. The van der Waals surface area contributed by atoms with Crippen LogP contribution in [-0.4, -0.2) is 16.6 Å². The van der Waals surface area contributed by atoms with Gasteiger partial charge in [0.15, 0.2) is 0 Å². The molecular formula is C10H13ClO. The maximum atomic E-state index is 6.59. The van der Waals surface area contributed by atoms with Crippen LogP contribution in [0, 0.1) is 11.8 Å². The SMILES string of the molecule is ClC12CC3CC(C1)CC1(C3)OC21. The minimum absolute atomic E-state index is 0.0735. The molecule has 1 heterocycles. The zero-order valence-corrected chi connectivity index (χ0v) is 7.81. The van der Waals surface area contributed by atoms with Crippen molar-refractivity contribution in [3.05, 3.63) is 0 Å². The van der Waals surface area contributed by atoms with Gasteiger partial charge in [0.25, 0.3) is 0 Å². The third-order valence-corrected chi connectivity index (χ3v) is 4.94. The Kier molecular flexibility index (Phi) is 0.884. The van der Waals surface area contributed by atoms with Crippen molar-refractivity contribution in [1.29, 1.82) is 0 Å². The van der Waals surface area contributed by atoms with Crippen LogP contribution in [0.3, 0.4) is 0 Å². The number of alkyl halides is 1. The first-order valence-corrected chi connectivity index (χ1v) is 5.45. The standard InChI is InChI=1S/C10H13ClO/c11-9-2-6-1-7(3-9)5-10(4-6)8(9)12-10/h6-8H,1-5H2. The van der Waals surface area contributed by atoms with Crippen LogP contribution in [0.1, 0.15) is 32.1 Å². The van der Waals surface area contributed by atoms with Crippen LogP contribution in [0.2, 0.25) is 0 Å². The van der Waals surface area contributed by atoms with Gasteiger partial charge in [-0.05, 0) is 43.9 Å². The van der Waals surface area contributed by atoms with Crippen molar-refractivity contribution in [1.82, 2.24) is 0 Å². The van der Waals surface area contributed by atoms with E-state index in [9.17, 15) is 0 Å². The Balaban J connectivity index is 1.86. The summed E-state index contributed by atoms with van der Waals surface area (Å²) in [5.41, 5.74) is 0.297. The normalized spacial score (nSPS) is 71.2. The molecule has 5 aliphatic rings. The van der Waals surface area contributed by atoms with Gasteiger partial charge in [-0.15, -0.1) is 11.6 Å². The van der Waals surface area contributed by atoms with Crippen LogP contribution in [-0.2, 0) is 4.74 Å². The Morgan fingerprint density at radius 3 is 2.33 bits per heavy atom. The number of ether oxygens (including phenoxy) is 1. The number of hydrogen-bond acceptors (Lipinski definition) is 1. The second-order valence-corrected chi connectivity index (χ2v) is 6.13. The third-order valence-electron chi connectivity index (χ3n) is 4.43. The van der Waals surface area contributed by atoms with E-state index in [0.29, 0.717) is 11.7 Å². The molecule has 0 aromatic rings. The van der Waals surface area contributed by atoms with Crippen molar-refractivity contribution in [2.24, 2.45) is 11.8 Å². The lowest BCUT2D eigenvalue weighted by Crippen LogP contribution is -2.53. The summed E-state index contributed by atoms with van der Waals surface area (Å²) in [6.45, 7) is 0. The Morgan fingerprint density at radius 1 is 1.08 bits per heavy atom. The molecule has 3 atom stereocenters. The lowest BCUT2D eigenvalue weighted by Gasteiger charge is -2.50. The van der Waals surface area contributed by atoms with Crippen molar-refractivity contribution in [3.63, 3.8) is 0 Å². The Hall–Kier alpha value is 0.250. The minimum atomic E-state index is 0.0735. The van der Waals surface area contributed by atoms with E-state index in [1.165, 1.54) is 32.1 Å². The molecule has 3 unspecified atom stereocenters. The van der Waals surface area contributed by atoms with E-state index in [1.54, 1.807) is 0 Å². The van der Waals surface area contributed by atoms with Gasteiger partial charge < -0.3 is 4.74 Å². The van der Waals surface area contributed by atoms with E-state index in [1.807, 2.05) is 0 Å². The fourth-order valence-electron chi connectivity index (χ4n) is 4.35. The van der Waals surface area contributed by atoms with Crippen LogP contribution in [0.15, 0.2) is 0 Å². The van der Waals surface area contributed by atoms with E-state index in [-0.39, 0.29) is 4.87 Å². The fourth-order valence-corrected chi connectivity index (χ4v) is 5.03. The molecule has 12 heavy (non-hydrogen) atoms. The van der Waals surface area contributed by atoms with Crippen LogP contribution in [0.4, 0.5) is 0 Å². The van der Waals surface area contributed by atoms with Gasteiger partial charge in [0.05, 0.1) is 10.5 Å². The molecule has 1 saturated heterocycles. The Morgan fingerprint density at radius 2 is 1.75 bits per heavy atom. The van der Waals surface area contributed by atoms with Crippen molar-refractivity contribution in [2.45, 2.75) is 48.7 Å². The van der Waals surface area contributed by atoms with Crippen molar-refractivity contribution in [3.8, 4) is 0 Å². The molecule has 0 radical (unpaired) electrons. The molecule has 0 aromatic heterocycles. The molecule has 1 nitrogen and oxygen atoms in total. The van der Waals surface area contributed by atoms with Gasteiger partial charge in [-0.2, -0.15) is 0 Å². The van der Waals surface area contributed by atoms with Gasteiger partial charge >= 0.3 is 0 Å². The third kappa shape index (κ3) is 0.569. The number of hydrogen-bond donors (Lipinski definition) is 0. The highest BCUT2D eigenvalue weighted by molar-refractivity contribution is 6.25. The fraction of sp³-hybridized carbons (Fsp3) is 1.00. The monoisotopic (exact) mass is 184 g/mol. The molecule has 0 aromatic carbocycles. The second-order valence-electron chi connectivity index (χ2n) is 5.38. The van der Waals surface area contributed by atoms with Gasteiger partial charge in [0, 0.05) is 0 Å². The van der Waals surface area contributed by atoms with Gasteiger partial charge in [0.1, 0.15) is 6.10 Å². The van der Waals surface area contributed by atoms with E-state index in [2.05, 4.69) is 0 Å². The van der Waals surface area contributed by atoms with Gasteiger partial charge in [-0.3, -0.25) is 0 Å². The summed E-state index contributed by atoms with van der Waals surface area (Å²) in [6.07, 6.45) is 6.99. The minimum Gasteiger partial charge on any atom is -0.364 e. The maximum absolute atomic E-state index is 6.59. The largest absolute Gasteiger partial charge is 0.364 e. The highest BCUT2D eigenvalue weighted by Crippen LogP contribution is 2.69. The molecular weight excluding hydrogens is 172 g/mol. The topological polar surface area (TPSA) is 12.5 Å². The summed E-state index contributed by atoms with van der Waals surface area (Å²) in [5.74, 6) is 1.79. The quantitative estimate of drug-likeness (QED) is 0.416. The summed E-state index contributed by atoms with van der Waals surface area (Å²) in [4.78, 5) is 0.0735. The van der Waals surface area contributed by atoms with Crippen molar-refractivity contribution >= 4 is 11.6 Å². The molecule has 4 saturated carbocycles. The molecule has 5 rings (SSSR count). The lowest BCUT2D eigenvalue weighted by atomic mass is 9.56. The first kappa shape index (κ1) is 6.67. The summed E-state index contributed by atoms with van der Waals surface area (Å²) in [6, 6.07) is 0. The Labute approximate surface area is 77.4 Å². The molecule has 4 aliphatic carbocycles. The van der Waals surface area contributed by atoms with Crippen LogP contribution in [0.25, 0.3) is 0 Å². The molecule has 1 aliphatic heterocycles. The van der Waals surface area contributed by atoms with Crippen LogP contribution < -0.4 is 0 Å². The van der Waals surface area contributed by atoms with Gasteiger partial charge in [-0.1, -0.05) is 0 Å². The van der Waals surface area contributed by atoms with Crippen molar-refractivity contribution < 1.29 is 4.74 Å². The molecule has 4 bridgehead atoms. The summed E-state index contributed by atoms with van der Waals surface area (Å²) >= 11 is 6.59. The number of epoxide rings is 1. The summed E-state index contributed by atoms with van der Waals surface area (Å²) in [5, 5.41) is 0. The highest BCUT2D eigenvalue weighted by atomic mass is 35.5. The zero-order valence-electron chi connectivity index (χ0n) is 7.05. The average molecular weight is 185 g/mol. The van der Waals surface area contributed by atoms with E-state index in [4.69, 9.17) is 16.3 Å². The smallest absolute Gasteiger partial charge is 0.106 e. The summed E-state index contributed by atoms with van der Waals surface area (Å²) in [7, 11) is 0. The number of rotatable bonds is 0. The Bertz CT molecular complexity index is 249. The predicted octanol–water partition coefficient (Wildman–Crippen LogP) is 2.33. The molecule has 66 valence electrons. The van der Waals surface area contributed by atoms with E-state index >= 15 is 0 Å². The molecule has 1 spiro atoms. The van der Waals surface area contributed by atoms with Crippen molar-refractivity contribution in [2.75, 3.05) is 0 Å². The highest BCUT2D eigenvalue weighted by Gasteiger charge is 2.74. The molecule has 5 fully saturated rings. The predicted molar refractivity (Wildman–Crippen MR) is 46.3 cm³/mol. The van der Waals surface area contributed by atoms with Crippen LogP contribution in [0.5, 0.6) is 0 Å². The average Bonchev–Trinajstić information content (AvgIpc) is 2.59. The maximum Gasteiger partial charge on any atom is 0.106 e. The number of halogens is 1. The first-order chi connectivity index (χ1) is 5.70. The molecule has 2 heteroatoms. The van der Waals surface area contributed by atoms with Gasteiger partial charge in [0.2, 0.25) is 0 Å².